The van der Waals surface area contributed by atoms with Gasteiger partial charge in [0, 0.05) is 5.57 Å². The molecule has 4 rings (SSSR count). The van der Waals surface area contributed by atoms with Gasteiger partial charge in [-0.2, -0.15) is 10.4 Å². The third-order valence-electron chi connectivity index (χ3n) is 4.71. The Morgan fingerprint density at radius 2 is 1.90 bits per heavy atom. The van der Waals surface area contributed by atoms with E-state index >= 15 is 0 Å². The Bertz CT molecular complexity index is 1180. The molecule has 29 heavy (non-hydrogen) atoms. The standard InChI is InChI=1S/C21H16Cl2N4O2/c1-11-18-19(12-3-6-14(28-2)7-4-12)15(10-24)20(25)29-21(18)27(26-11)13-5-8-16(22)17(23)9-13/h3-9,20H,25H2,1-2H3. The second kappa shape index (κ2) is 7.45. The Morgan fingerprint density at radius 1 is 1.17 bits per heavy atom. The molecule has 0 radical (unpaired) electrons. The third-order valence-corrected chi connectivity index (χ3v) is 5.45. The number of rotatable bonds is 3. The second-order valence-electron chi connectivity index (χ2n) is 6.44. The number of halogens is 2. The van der Waals surface area contributed by atoms with Crippen molar-refractivity contribution in [1.82, 2.24) is 9.78 Å². The van der Waals surface area contributed by atoms with Crippen LogP contribution in [0.15, 0.2) is 48.0 Å². The zero-order valence-corrected chi connectivity index (χ0v) is 17.1. The Kier molecular flexibility index (Phi) is 4.97. The average Bonchev–Trinajstić information content (AvgIpc) is 3.05. The molecule has 3 aromatic rings. The van der Waals surface area contributed by atoms with Crippen molar-refractivity contribution in [3.05, 3.63) is 74.9 Å². The van der Waals surface area contributed by atoms with Crippen molar-refractivity contribution in [2.45, 2.75) is 13.2 Å². The minimum atomic E-state index is -0.928. The predicted octanol–water partition coefficient (Wildman–Crippen LogP) is 4.50. The molecule has 2 N–H and O–H groups in total. The topological polar surface area (TPSA) is 86.1 Å². The summed E-state index contributed by atoms with van der Waals surface area (Å²) in [7, 11) is 1.60. The number of nitrogens with zero attached hydrogens (tertiary/aromatic N) is 3. The average molecular weight is 427 g/mol. The summed E-state index contributed by atoms with van der Waals surface area (Å²) >= 11 is 12.2. The maximum atomic E-state index is 9.75. The van der Waals surface area contributed by atoms with E-state index < -0.39 is 6.23 Å². The van der Waals surface area contributed by atoms with E-state index in [4.69, 9.17) is 38.4 Å². The first-order valence-electron chi connectivity index (χ1n) is 8.71. The van der Waals surface area contributed by atoms with Gasteiger partial charge in [-0.1, -0.05) is 35.3 Å². The van der Waals surface area contributed by atoms with Crippen molar-refractivity contribution in [1.29, 1.82) is 5.26 Å². The number of nitrogens with two attached hydrogens (primary N) is 1. The summed E-state index contributed by atoms with van der Waals surface area (Å²) < 4.78 is 12.8. The molecule has 0 spiro atoms. The van der Waals surface area contributed by atoms with Crippen molar-refractivity contribution < 1.29 is 9.47 Å². The van der Waals surface area contributed by atoms with Crippen molar-refractivity contribution in [3.63, 3.8) is 0 Å². The van der Waals surface area contributed by atoms with E-state index in [0.717, 1.165) is 5.56 Å². The van der Waals surface area contributed by atoms with Crippen molar-refractivity contribution in [3.8, 4) is 23.4 Å². The highest BCUT2D eigenvalue weighted by Gasteiger charge is 2.33. The Labute approximate surface area is 177 Å². The predicted molar refractivity (Wildman–Crippen MR) is 112 cm³/mol. The second-order valence-corrected chi connectivity index (χ2v) is 7.26. The fourth-order valence-electron chi connectivity index (χ4n) is 3.33. The molecule has 2 aromatic carbocycles. The minimum absolute atomic E-state index is 0.333. The van der Waals surface area contributed by atoms with E-state index in [1.54, 1.807) is 30.0 Å². The van der Waals surface area contributed by atoms with Crippen LogP contribution in [-0.2, 0) is 0 Å². The van der Waals surface area contributed by atoms with Gasteiger partial charge < -0.3 is 9.47 Å². The summed E-state index contributed by atoms with van der Waals surface area (Å²) in [4.78, 5) is 0. The maximum absolute atomic E-state index is 9.75. The fraction of sp³-hybridized carbons (Fsp3) is 0.143. The van der Waals surface area contributed by atoms with Gasteiger partial charge in [0.1, 0.15) is 11.8 Å². The highest BCUT2D eigenvalue weighted by molar-refractivity contribution is 6.42. The van der Waals surface area contributed by atoms with E-state index in [1.165, 1.54) is 0 Å². The van der Waals surface area contributed by atoms with Gasteiger partial charge >= 0.3 is 0 Å². The van der Waals surface area contributed by atoms with Gasteiger partial charge in [0.15, 0.2) is 6.23 Å². The minimum Gasteiger partial charge on any atom is -0.497 e. The molecule has 6 nitrogen and oxygen atoms in total. The molecular formula is C21H16Cl2N4O2. The van der Waals surface area contributed by atoms with Gasteiger partial charge in [0.2, 0.25) is 5.88 Å². The summed E-state index contributed by atoms with van der Waals surface area (Å²) in [5, 5.41) is 15.2. The molecule has 1 atom stereocenters. The lowest BCUT2D eigenvalue weighted by atomic mass is 9.91. The Hall–Kier alpha value is -2.98. The molecule has 0 aliphatic carbocycles. The molecular weight excluding hydrogens is 411 g/mol. The van der Waals surface area contributed by atoms with Crippen LogP contribution in [0, 0.1) is 18.3 Å². The van der Waals surface area contributed by atoms with Gasteiger partial charge in [-0.25, -0.2) is 4.68 Å². The van der Waals surface area contributed by atoms with Crippen LogP contribution in [0.4, 0.5) is 0 Å². The summed E-state index contributed by atoms with van der Waals surface area (Å²) in [6.45, 7) is 1.85. The fourth-order valence-corrected chi connectivity index (χ4v) is 3.62. The highest BCUT2D eigenvalue weighted by Crippen LogP contribution is 2.42. The Morgan fingerprint density at radius 3 is 2.52 bits per heavy atom. The summed E-state index contributed by atoms with van der Waals surface area (Å²) in [5.74, 6) is 1.16. The Balaban J connectivity index is 1.95. The first-order chi connectivity index (χ1) is 13.9. The van der Waals surface area contributed by atoms with Gasteiger partial charge in [0.05, 0.1) is 39.7 Å². The molecule has 146 valence electrons. The lowest BCUT2D eigenvalue weighted by Crippen LogP contribution is -2.33. The number of methoxy groups -OCH3 is 1. The molecule has 1 unspecified atom stereocenters. The third kappa shape index (κ3) is 3.23. The number of nitriles is 1. The number of hydrogen-bond acceptors (Lipinski definition) is 5. The summed E-state index contributed by atoms with van der Waals surface area (Å²) in [6, 6.07) is 14.8. The number of aromatic nitrogens is 2. The van der Waals surface area contributed by atoms with Crippen LogP contribution in [-0.4, -0.2) is 23.1 Å². The molecule has 0 fully saturated rings. The molecule has 0 saturated heterocycles. The van der Waals surface area contributed by atoms with Crippen LogP contribution in [0.5, 0.6) is 11.6 Å². The summed E-state index contributed by atoms with van der Waals surface area (Å²) in [6.07, 6.45) is -0.928. The van der Waals surface area contributed by atoms with Crippen LogP contribution < -0.4 is 15.2 Å². The first-order valence-corrected chi connectivity index (χ1v) is 9.46. The molecule has 0 saturated carbocycles. The molecule has 8 heteroatoms. The van der Waals surface area contributed by atoms with Crippen LogP contribution >= 0.6 is 23.2 Å². The van der Waals surface area contributed by atoms with Gasteiger partial charge in [-0.3, -0.25) is 5.73 Å². The van der Waals surface area contributed by atoms with E-state index in [2.05, 4.69) is 11.2 Å². The number of fused-ring (bicyclic) bond motifs is 1. The largest absolute Gasteiger partial charge is 0.497 e. The molecule has 0 amide bonds. The molecule has 1 aromatic heterocycles. The maximum Gasteiger partial charge on any atom is 0.226 e. The molecule has 2 heterocycles. The molecule has 1 aliphatic rings. The van der Waals surface area contributed by atoms with Gasteiger partial charge in [0.25, 0.3) is 0 Å². The van der Waals surface area contributed by atoms with E-state index in [9.17, 15) is 5.26 Å². The zero-order chi connectivity index (χ0) is 20.7. The van der Waals surface area contributed by atoms with Crippen LogP contribution in [0.25, 0.3) is 11.3 Å². The smallest absolute Gasteiger partial charge is 0.226 e. The number of hydrogen-bond donors (Lipinski definition) is 1. The molecule has 1 aliphatic heterocycles. The number of benzene rings is 2. The van der Waals surface area contributed by atoms with Gasteiger partial charge in [-0.05, 0) is 42.8 Å². The van der Waals surface area contributed by atoms with Crippen molar-refractivity contribution in [2.75, 3.05) is 7.11 Å². The van der Waals surface area contributed by atoms with Crippen molar-refractivity contribution >= 4 is 28.8 Å². The normalized spacial score (nSPS) is 15.5. The number of ether oxygens (including phenoxy) is 2. The van der Waals surface area contributed by atoms with E-state index in [-0.39, 0.29) is 0 Å². The van der Waals surface area contributed by atoms with Crippen LogP contribution in [0.3, 0.4) is 0 Å². The monoisotopic (exact) mass is 426 g/mol. The zero-order valence-electron chi connectivity index (χ0n) is 15.6. The van der Waals surface area contributed by atoms with Crippen LogP contribution in [0.2, 0.25) is 10.0 Å². The van der Waals surface area contributed by atoms with Gasteiger partial charge in [-0.15, -0.1) is 0 Å². The first kappa shape index (κ1) is 19.3. The number of aryl methyl sites for hydroxylation is 1. The summed E-state index contributed by atoms with van der Waals surface area (Å²) in [5.41, 5.74) is 10.1. The van der Waals surface area contributed by atoms with Crippen LogP contribution in [0.1, 0.15) is 16.8 Å². The van der Waals surface area contributed by atoms with E-state index in [1.807, 2.05) is 31.2 Å². The quantitative estimate of drug-likeness (QED) is 0.665. The highest BCUT2D eigenvalue weighted by atomic mass is 35.5. The van der Waals surface area contributed by atoms with E-state index in [0.29, 0.717) is 49.8 Å². The van der Waals surface area contributed by atoms with Crippen molar-refractivity contribution in [2.24, 2.45) is 5.73 Å². The molecule has 0 bridgehead atoms. The lowest BCUT2D eigenvalue weighted by Gasteiger charge is -2.25. The lowest BCUT2D eigenvalue weighted by molar-refractivity contribution is 0.228. The SMILES string of the molecule is COc1ccc(C2=C(C#N)C(N)Oc3c2c(C)nn3-c2ccc(Cl)c(Cl)c2)cc1.